The van der Waals surface area contributed by atoms with E-state index in [1.165, 1.54) is 25.9 Å². The summed E-state index contributed by atoms with van der Waals surface area (Å²) in [6.45, 7) is 10.6. The Bertz CT molecular complexity index is 348. The summed E-state index contributed by atoms with van der Waals surface area (Å²) in [7, 11) is 0. The van der Waals surface area contributed by atoms with Crippen molar-refractivity contribution >= 4 is 0 Å². The Labute approximate surface area is 104 Å². The van der Waals surface area contributed by atoms with Crippen molar-refractivity contribution in [3.05, 3.63) is 12.3 Å². The van der Waals surface area contributed by atoms with Crippen LogP contribution in [-0.4, -0.2) is 40.9 Å². The summed E-state index contributed by atoms with van der Waals surface area (Å²) in [5.41, 5.74) is 0.0244. The largest absolute Gasteiger partial charge is 0.475 e. The lowest BCUT2D eigenvalue weighted by Crippen LogP contribution is -2.25. The molecule has 0 unspecified atom stereocenters. The van der Waals surface area contributed by atoms with Gasteiger partial charge in [-0.1, -0.05) is 0 Å². The van der Waals surface area contributed by atoms with Crippen molar-refractivity contribution in [2.75, 3.05) is 26.2 Å². The van der Waals surface area contributed by atoms with Gasteiger partial charge in [0.2, 0.25) is 5.88 Å². The summed E-state index contributed by atoms with van der Waals surface area (Å²) in [4.78, 5) is 2.45. The van der Waals surface area contributed by atoms with E-state index < -0.39 is 0 Å². The van der Waals surface area contributed by atoms with Gasteiger partial charge in [0.05, 0.1) is 5.54 Å². The van der Waals surface area contributed by atoms with Gasteiger partial charge in [0.15, 0.2) is 0 Å². The van der Waals surface area contributed by atoms with E-state index in [-0.39, 0.29) is 5.54 Å². The average molecular weight is 237 g/mol. The van der Waals surface area contributed by atoms with Crippen molar-refractivity contribution in [3.8, 4) is 5.88 Å². The molecule has 0 atom stereocenters. The van der Waals surface area contributed by atoms with Crippen LogP contribution in [0.3, 0.4) is 0 Å². The van der Waals surface area contributed by atoms with E-state index in [2.05, 4.69) is 30.8 Å². The first kappa shape index (κ1) is 12.4. The zero-order chi connectivity index (χ0) is 12.3. The number of hydrogen-bond donors (Lipinski definition) is 0. The molecule has 2 rings (SSSR count). The summed E-state index contributed by atoms with van der Waals surface area (Å²) >= 11 is 0. The van der Waals surface area contributed by atoms with Crippen LogP contribution in [0.2, 0.25) is 0 Å². The number of ether oxygens (including phenoxy) is 1. The first-order valence-corrected chi connectivity index (χ1v) is 6.47. The van der Waals surface area contributed by atoms with Gasteiger partial charge in [-0.2, -0.15) is 0 Å². The predicted molar refractivity (Wildman–Crippen MR) is 68.4 cm³/mol. The molecule has 1 aromatic rings. The Kier molecular flexibility index (Phi) is 3.72. The molecule has 17 heavy (non-hydrogen) atoms. The minimum atomic E-state index is 0.0244. The highest BCUT2D eigenvalue weighted by molar-refractivity contribution is 5.06. The third-order valence-electron chi connectivity index (χ3n) is 3.11. The van der Waals surface area contributed by atoms with Crippen molar-refractivity contribution in [2.24, 2.45) is 0 Å². The van der Waals surface area contributed by atoms with E-state index >= 15 is 0 Å². The summed E-state index contributed by atoms with van der Waals surface area (Å²) in [6.07, 6.45) is 4.64. The molecule has 1 fully saturated rings. The highest BCUT2D eigenvalue weighted by Crippen LogP contribution is 2.16. The van der Waals surface area contributed by atoms with Gasteiger partial charge in [-0.3, -0.25) is 9.58 Å². The number of likely N-dealkylation sites (tertiary alicyclic amines) is 1. The first-order valence-electron chi connectivity index (χ1n) is 6.47. The smallest absolute Gasteiger partial charge is 0.232 e. The summed E-state index contributed by atoms with van der Waals surface area (Å²) < 4.78 is 7.61. The molecule has 4 nitrogen and oxygen atoms in total. The van der Waals surface area contributed by atoms with Crippen molar-refractivity contribution in [2.45, 2.75) is 39.2 Å². The van der Waals surface area contributed by atoms with Crippen LogP contribution in [0, 0.1) is 0 Å². The molecule has 2 heterocycles. The molecule has 0 amide bonds. The second kappa shape index (κ2) is 5.08. The Morgan fingerprint density at radius 2 is 2.00 bits per heavy atom. The van der Waals surface area contributed by atoms with Crippen molar-refractivity contribution in [3.63, 3.8) is 0 Å². The van der Waals surface area contributed by atoms with Crippen LogP contribution >= 0.6 is 0 Å². The van der Waals surface area contributed by atoms with Crippen LogP contribution in [0.25, 0.3) is 0 Å². The number of nitrogens with zero attached hydrogens (tertiary/aromatic N) is 3. The van der Waals surface area contributed by atoms with Crippen LogP contribution in [0.4, 0.5) is 0 Å². The van der Waals surface area contributed by atoms with Gasteiger partial charge in [0, 0.05) is 18.8 Å². The molecule has 1 aliphatic rings. The molecule has 0 radical (unpaired) electrons. The highest BCUT2D eigenvalue weighted by Gasteiger charge is 2.15. The maximum Gasteiger partial charge on any atom is 0.232 e. The molecule has 0 aromatic carbocycles. The Morgan fingerprint density at radius 3 is 2.59 bits per heavy atom. The van der Waals surface area contributed by atoms with Gasteiger partial charge in [-0.15, -0.1) is 5.10 Å². The quantitative estimate of drug-likeness (QED) is 0.803. The molecule has 96 valence electrons. The number of hydrogen-bond acceptors (Lipinski definition) is 3. The fourth-order valence-electron chi connectivity index (χ4n) is 2.04. The topological polar surface area (TPSA) is 30.3 Å². The highest BCUT2D eigenvalue weighted by atomic mass is 16.5. The predicted octanol–water partition coefficient (Wildman–Crippen LogP) is 2.11. The van der Waals surface area contributed by atoms with E-state index in [4.69, 9.17) is 4.74 Å². The summed E-state index contributed by atoms with van der Waals surface area (Å²) in [5.74, 6) is 0.735. The minimum absolute atomic E-state index is 0.0244. The van der Waals surface area contributed by atoms with Gasteiger partial charge in [-0.25, -0.2) is 0 Å². The zero-order valence-electron chi connectivity index (χ0n) is 11.1. The van der Waals surface area contributed by atoms with E-state index in [0.717, 1.165) is 19.0 Å². The molecule has 0 saturated carbocycles. The Balaban J connectivity index is 1.77. The average Bonchev–Trinajstić information content (AvgIpc) is 2.86. The third-order valence-corrected chi connectivity index (χ3v) is 3.11. The lowest BCUT2D eigenvalue weighted by Gasteiger charge is -2.18. The lowest BCUT2D eigenvalue weighted by molar-refractivity contribution is 0.226. The molecule has 1 saturated heterocycles. The normalized spacial score (nSPS) is 17.6. The van der Waals surface area contributed by atoms with Gasteiger partial charge in [0.1, 0.15) is 6.61 Å². The maximum absolute atomic E-state index is 5.67. The summed E-state index contributed by atoms with van der Waals surface area (Å²) in [5, 5.41) is 4.42. The lowest BCUT2D eigenvalue weighted by atomic mass is 10.1. The van der Waals surface area contributed by atoms with Crippen LogP contribution in [0.5, 0.6) is 5.88 Å². The van der Waals surface area contributed by atoms with E-state index in [1.807, 2.05) is 16.9 Å². The monoisotopic (exact) mass is 237 g/mol. The van der Waals surface area contributed by atoms with Gasteiger partial charge >= 0.3 is 0 Å². The van der Waals surface area contributed by atoms with Crippen LogP contribution < -0.4 is 4.74 Å². The minimum Gasteiger partial charge on any atom is -0.475 e. The molecule has 0 bridgehead atoms. The van der Waals surface area contributed by atoms with Crippen molar-refractivity contribution < 1.29 is 4.74 Å². The molecule has 0 spiro atoms. The molecular weight excluding hydrogens is 214 g/mol. The van der Waals surface area contributed by atoms with Crippen LogP contribution in [-0.2, 0) is 5.54 Å². The number of aromatic nitrogens is 2. The molecule has 1 aliphatic heterocycles. The standard InChI is InChI=1S/C13H23N3O/c1-13(2,3)16-9-6-12(14-16)17-11-10-15-7-4-5-8-15/h6,9H,4-5,7-8,10-11H2,1-3H3. The molecule has 1 aromatic heterocycles. The Hall–Kier alpha value is -1.03. The fourth-order valence-corrected chi connectivity index (χ4v) is 2.04. The second-order valence-corrected chi connectivity index (χ2v) is 5.67. The zero-order valence-corrected chi connectivity index (χ0v) is 11.1. The molecule has 0 N–H and O–H groups in total. The second-order valence-electron chi connectivity index (χ2n) is 5.67. The number of rotatable bonds is 4. The van der Waals surface area contributed by atoms with Gasteiger partial charge in [-0.05, 0) is 46.7 Å². The maximum atomic E-state index is 5.67. The van der Waals surface area contributed by atoms with Crippen LogP contribution in [0.15, 0.2) is 12.3 Å². The Morgan fingerprint density at radius 1 is 1.29 bits per heavy atom. The first-order chi connectivity index (χ1) is 8.05. The van der Waals surface area contributed by atoms with Gasteiger partial charge < -0.3 is 4.74 Å². The van der Waals surface area contributed by atoms with Gasteiger partial charge in [0.25, 0.3) is 0 Å². The molecule has 4 heteroatoms. The van der Waals surface area contributed by atoms with E-state index in [1.54, 1.807) is 0 Å². The molecular formula is C13H23N3O. The molecule has 0 aliphatic carbocycles. The fraction of sp³-hybridized carbons (Fsp3) is 0.769. The summed E-state index contributed by atoms with van der Waals surface area (Å²) in [6, 6.07) is 1.94. The van der Waals surface area contributed by atoms with Crippen molar-refractivity contribution in [1.29, 1.82) is 0 Å². The SMILES string of the molecule is CC(C)(C)n1ccc(OCCN2CCCC2)n1. The van der Waals surface area contributed by atoms with E-state index in [9.17, 15) is 0 Å². The van der Waals surface area contributed by atoms with Crippen molar-refractivity contribution in [1.82, 2.24) is 14.7 Å². The van der Waals surface area contributed by atoms with E-state index in [0.29, 0.717) is 0 Å². The van der Waals surface area contributed by atoms with Crippen LogP contribution in [0.1, 0.15) is 33.6 Å². The third kappa shape index (κ3) is 3.46.